The van der Waals surface area contributed by atoms with Crippen LogP contribution in [0.4, 0.5) is 5.95 Å². The van der Waals surface area contributed by atoms with E-state index in [4.69, 9.17) is 5.11 Å². The molecule has 2 heterocycles. The number of rotatable bonds is 2. The third kappa shape index (κ3) is 2.52. The summed E-state index contributed by atoms with van der Waals surface area (Å²) in [6, 6.07) is 1.70. The lowest BCUT2D eigenvalue weighted by atomic mass is 10.2. The van der Waals surface area contributed by atoms with Gasteiger partial charge in [0.2, 0.25) is 5.95 Å². The Labute approximate surface area is 99.9 Å². The number of hydrogen-bond acceptors (Lipinski definition) is 5. The van der Waals surface area contributed by atoms with E-state index in [-0.39, 0.29) is 11.7 Å². The topological polar surface area (TPSA) is 69.6 Å². The number of piperazine rings is 1. The highest BCUT2D eigenvalue weighted by Crippen LogP contribution is 2.15. The summed E-state index contributed by atoms with van der Waals surface area (Å²) in [6.45, 7) is 4.78. The lowest BCUT2D eigenvalue weighted by molar-refractivity contribution is 0.0690. The molecule has 0 spiro atoms. The predicted molar refractivity (Wildman–Crippen MR) is 63.3 cm³/mol. The first-order valence-corrected chi connectivity index (χ1v) is 5.59. The quantitative estimate of drug-likeness (QED) is 0.797. The summed E-state index contributed by atoms with van der Waals surface area (Å²) in [4.78, 5) is 23.4. The maximum absolute atomic E-state index is 10.9. The van der Waals surface area contributed by atoms with E-state index in [0.717, 1.165) is 19.6 Å². The van der Waals surface area contributed by atoms with Gasteiger partial charge < -0.3 is 14.9 Å². The molecule has 6 nitrogen and oxygen atoms in total. The molecule has 1 unspecified atom stereocenters. The molecule has 1 aromatic heterocycles. The van der Waals surface area contributed by atoms with Crippen LogP contribution in [0.3, 0.4) is 0 Å². The van der Waals surface area contributed by atoms with E-state index in [1.54, 1.807) is 0 Å². The Morgan fingerprint density at radius 2 is 2.29 bits per heavy atom. The standard InChI is InChI=1S/C11H16N4O2/c1-8-7-14(2)5-6-15(8)11-12-4-3-9(13-11)10(16)17/h3-4,8H,5-7H2,1-2H3,(H,16,17). The molecule has 0 aliphatic carbocycles. The molecule has 0 bridgehead atoms. The Balaban J connectivity index is 2.22. The van der Waals surface area contributed by atoms with Crippen LogP contribution in [-0.2, 0) is 0 Å². The number of carboxylic acid groups (broad SMARTS) is 1. The molecule has 1 saturated heterocycles. The van der Waals surface area contributed by atoms with Gasteiger partial charge in [0, 0.05) is 31.9 Å². The Morgan fingerprint density at radius 3 is 2.94 bits per heavy atom. The third-order valence-electron chi connectivity index (χ3n) is 2.95. The summed E-state index contributed by atoms with van der Waals surface area (Å²) in [5, 5.41) is 8.90. The minimum absolute atomic E-state index is 0.0427. The van der Waals surface area contributed by atoms with Gasteiger partial charge in [0.25, 0.3) is 0 Å². The SMILES string of the molecule is CC1CN(C)CCN1c1nccc(C(=O)O)n1. The fourth-order valence-electron chi connectivity index (χ4n) is 2.04. The molecule has 2 rings (SSSR count). The number of anilines is 1. The van der Waals surface area contributed by atoms with Crippen molar-refractivity contribution in [3.05, 3.63) is 18.0 Å². The van der Waals surface area contributed by atoms with Crippen LogP contribution in [0.25, 0.3) is 0 Å². The first kappa shape index (κ1) is 11.8. The van der Waals surface area contributed by atoms with Crippen molar-refractivity contribution in [3.8, 4) is 0 Å². The highest BCUT2D eigenvalue weighted by Gasteiger charge is 2.24. The third-order valence-corrected chi connectivity index (χ3v) is 2.95. The molecule has 6 heteroatoms. The molecule has 1 N–H and O–H groups in total. The molecule has 0 amide bonds. The number of likely N-dealkylation sites (N-methyl/N-ethyl adjacent to an activating group) is 1. The lowest BCUT2D eigenvalue weighted by Gasteiger charge is -2.38. The van der Waals surface area contributed by atoms with Crippen LogP contribution in [0, 0.1) is 0 Å². The molecular weight excluding hydrogens is 220 g/mol. The number of aromatic nitrogens is 2. The molecule has 0 aromatic carbocycles. The van der Waals surface area contributed by atoms with Crippen molar-refractivity contribution in [2.24, 2.45) is 0 Å². The van der Waals surface area contributed by atoms with Crippen molar-refractivity contribution in [1.82, 2.24) is 14.9 Å². The van der Waals surface area contributed by atoms with Crippen molar-refractivity contribution in [2.75, 3.05) is 31.6 Å². The first-order chi connectivity index (χ1) is 8.08. The molecule has 1 aromatic rings. The molecule has 0 saturated carbocycles. The fourth-order valence-corrected chi connectivity index (χ4v) is 2.04. The molecule has 0 radical (unpaired) electrons. The monoisotopic (exact) mass is 236 g/mol. The second kappa shape index (κ2) is 4.67. The van der Waals surface area contributed by atoms with Crippen LogP contribution < -0.4 is 4.90 Å². The normalized spacial score (nSPS) is 21.5. The zero-order valence-electron chi connectivity index (χ0n) is 10.00. The van der Waals surface area contributed by atoms with Crippen LogP contribution in [-0.4, -0.2) is 58.7 Å². The summed E-state index contributed by atoms with van der Waals surface area (Å²) in [5.74, 6) is -0.513. The van der Waals surface area contributed by atoms with Gasteiger partial charge in [-0.2, -0.15) is 0 Å². The number of carbonyl (C=O) groups is 1. The number of carboxylic acids is 1. The molecule has 1 aliphatic heterocycles. The minimum Gasteiger partial charge on any atom is -0.477 e. The van der Waals surface area contributed by atoms with E-state index in [1.807, 2.05) is 4.90 Å². The van der Waals surface area contributed by atoms with Crippen molar-refractivity contribution in [3.63, 3.8) is 0 Å². The van der Waals surface area contributed by atoms with Crippen molar-refractivity contribution in [1.29, 1.82) is 0 Å². The molecular formula is C11H16N4O2. The van der Waals surface area contributed by atoms with E-state index < -0.39 is 5.97 Å². The van der Waals surface area contributed by atoms with E-state index in [0.29, 0.717) is 5.95 Å². The van der Waals surface area contributed by atoms with Crippen molar-refractivity contribution < 1.29 is 9.90 Å². The van der Waals surface area contributed by atoms with E-state index in [1.165, 1.54) is 12.3 Å². The zero-order valence-corrected chi connectivity index (χ0v) is 10.00. The predicted octanol–water partition coefficient (Wildman–Crippen LogP) is 0.315. The van der Waals surface area contributed by atoms with Crippen LogP contribution in [0.15, 0.2) is 12.3 Å². The van der Waals surface area contributed by atoms with Gasteiger partial charge in [0.05, 0.1) is 0 Å². The van der Waals surface area contributed by atoms with Gasteiger partial charge in [-0.05, 0) is 20.0 Å². The van der Waals surface area contributed by atoms with Gasteiger partial charge in [-0.25, -0.2) is 14.8 Å². The molecule has 92 valence electrons. The van der Waals surface area contributed by atoms with E-state index in [2.05, 4.69) is 28.8 Å². The van der Waals surface area contributed by atoms with Gasteiger partial charge in [0.1, 0.15) is 0 Å². The van der Waals surface area contributed by atoms with Crippen molar-refractivity contribution in [2.45, 2.75) is 13.0 Å². The number of nitrogens with zero attached hydrogens (tertiary/aromatic N) is 4. The second-order valence-electron chi connectivity index (χ2n) is 4.35. The summed E-state index contributed by atoms with van der Waals surface area (Å²) in [6.07, 6.45) is 1.50. The van der Waals surface area contributed by atoms with Crippen LogP contribution >= 0.6 is 0 Å². The van der Waals surface area contributed by atoms with Gasteiger partial charge in [-0.15, -0.1) is 0 Å². The Bertz CT molecular complexity index is 424. The number of hydrogen-bond donors (Lipinski definition) is 1. The van der Waals surface area contributed by atoms with E-state index in [9.17, 15) is 4.79 Å². The number of aromatic carboxylic acids is 1. The molecule has 17 heavy (non-hydrogen) atoms. The second-order valence-corrected chi connectivity index (χ2v) is 4.35. The highest BCUT2D eigenvalue weighted by molar-refractivity contribution is 5.85. The van der Waals surface area contributed by atoms with Crippen LogP contribution in [0.5, 0.6) is 0 Å². The zero-order chi connectivity index (χ0) is 12.4. The van der Waals surface area contributed by atoms with Crippen molar-refractivity contribution >= 4 is 11.9 Å². The summed E-state index contributed by atoms with van der Waals surface area (Å²) in [5.41, 5.74) is 0.0427. The van der Waals surface area contributed by atoms with E-state index >= 15 is 0 Å². The summed E-state index contributed by atoms with van der Waals surface area (Å²) >= 11 is 0. The average molecular weight is 236 g/mol. The molecule has 1 aliphatic rings. The average Bonchev–Trinajstić information content (AvgIpc) is 2.29. The lowest BCUT2D eigenvalue weighted by Crippen LogP contribution is -2.51. The summed E-state index contributed by atoms with van der Waals surface area (Å²) < 4.78 is 0. The largest absolute Gasteiger partial charge is 0.477 e. The first-order valence-electron chi connectivity index (χ1n) is 5.59. The smallest absolute Gasteiger partial charge is 0.354 e. The van der Waals surface area contributed by atoms with Gasteiger partial charge in [0.15, 0.2) is 5.69 Å². The van der Waals surface area contributed by atoms with Gasteiger partial charge in [-0.1, -0.05) is 0 Å². The summed E-state index contributed by atoms with van der Waals surface area (Å²) in [7, 11) is 2.07. The Kier molecular flexibility index (Phi) is 3.23. The Hall–Kier alpha value is -1.69. The fraction of sp³-hybridized carbons (Fsp3) is 0.545. The van der Waals surface area contributed by atoms with Gasteiger partial charge >= 0.3 is 5.97 Å². The highest BCUT2D eigenvalue weighted by atomic mass is 16.4. The Morgan fingerprint density at radius 1 is 1.53 bits per heavy atom. The maximum Gasteiger partial charge on any atom is 0.354 e. The molecule has 1 fully saturated rings. The maximum atomic E-state index is 10.9. The van der Waals surface area contributed by atoms with Gasteiger partial charge in [-0.3, -0.25) is 0 Å². The van der Waals surface area contributed by atoms with Crippen LogP contribution in [0.2, 0.25) is 0 Å². The van der Waals surface area contributed by atoms with Crippen LogP contribution in [0.1, 0.15) is 17.4 Å². The molecule has 1 atom stereocenters. The minimum atomic E-state index is -1.02.